The third kappa shape index (κ3) is 5.18. The molecule has 0 saturated carbocycles. The Balaban J connectivity index is 1.36. The molecular weight excluding hydrogens is 395 g/mol. The number of halogens is 1. The average Bonchev–Trinajstić information content (AvgIpc) is 3.25. The van der Waals surface area contributed by atoms with Gasteiger partial charge in [0.1, 0.15) is 11.6 Å². The van der Waals surface area contributed by atoms with E-state index in [-0.39, 0.29) is 17.8 Å². The molecule has 0 aliphatic carbocycles. The smallest absolute Gasteiger partial charge is 0.259 e. The molecule has 1 fully saturated rings. The normalized spacial score (nSPS) is 16.2. The number of hydrogen-bond donors (Lipinski definition) is 1. The van der Waals surface area contributed by atoms with Crippen molar-refractivity contribution in [3.05, 3.63) is 83.8 Å². The molecule has 7 heteroatoms. The second-order valence-electron chi connectivity index (χ2n) is 7.81. The van der Waals surface area contributed by atoms with Gasteiger partial charge in [0.15, 0.2) is 6.10 Å². The number of nitrogens with zero attached hydrogens (tertiary/aromatic N) is 3. The molecule has 2 heterocycles. The molecule has 1 amide bonds. The van der Waals surface area contributed by atoms with Crippen molar-refractivity contribution in [2.45, 2.75) is 31.5 Å². The van der Waals surface area contributed by atoms with Gasteiger partial charge in [0.05, 0.1) is 12.2 Å². The van der Waals surface area contributed by atoms with Gasteiger partial charge in [0.2, 0.25) is 0 Å². The molecule has 1 saturated heterocycles. The number of carbonyl (C=O) groups is 1. The zero-order chi connectivity index (χ0) is 21.6. The number of anilines is 1. The van der Waals surface area contributed by atoms with Crippen molar-refractivity contribution in [2.24, 2.45) is 0 Å². The number of ether oxygens (including phenoxy) is 1. The number of methoxy groups -OCH3 is 1. The third-order valence-corrected chi connectivity index (χ3v) is 5.72. The quantitative estimate of drug-likeness (QED) is 0.620. The molecule has 1 aliphatic heterocycles. The molecule has 0 unspecified atom stereocenters. The Kier molecular flexibility index (Phi) is 6.74. The van der Waals surface area contributed by atoms with Gasteiger partial charge in [-0.05, 0) is 36.1 Å². The fourth-order valence-corrected chi connectivity index (χ4v) is 4.09. The van der Waals surface area contributed by atoms with Crippen LogP contribution in [0.4, 0.5) is 10.2 Å². The van der Waals surface area contributed by atoms with Crippen LogP contribution in [0.15, 0.2) is 66.9 Å². The van der Waals surface area contributed by atoms with E-state index < -0.39 is 6.10 Å². The third-order valence-electron chi connectivity index (χ3n) is 5.72. The monoisotopic (exact) mass is 422 g/mol. The van der Waals surface area contributed by atoms with Crippen molar-refractivity contribution in [2.75, 3.05) is 25.5 Å². The number of aromatic nitrogens is 2. The molecular formula is C24H27FN4O2. The molecule has 3 aromatic rings. The first kappa shape index (κ1) is 21.2. The van der Waals surface area contributed by atoms with E-state index in [1.54, 1.807) is 6.20 Å². The van der Waals surface area contributed by atoms with Gasteiger partial charge in [-0.3, -0.25) is 9.69 Å². The molecule has 4 rings (SSSR count). The van der Waals surface area contributed by atoms with Crippen LogP contribution in [0.1, 0.15) is 36.1 Å². The maximum atomic E-state index is 13.1. The summed E-state index contributed by atoms with van der Waals surface area (Å²) in [5, 5.41) is 7.45. The number of benzene rings is 2. The highest BCUT2D eigenvalue weighted by Crippen LogP contribution is 2.27. The summed E-state index contributed by atoms with van der Waals surface area (Å²) in [4.78, 5) is 15.2. The minimum absolute atomic E-state index is 0.210. The summed E-state index contributed by atoms with van der Waals surface area (Å²) in [6, 6.07) is 18.1. The number of piperidine rings is 1. The lowest BCUT2D eigenvalue weighted by Gasteiger charge is -2.32. The molecule has 1 aliphatic rings. The highest BCUT2D eigenvalue weighted by atomic mass is 19.1. The average molecular weight is 423 g/mol. The molecule has 0 bridgehead atoms. The molecule has 31 heavy (non-hydrogen) atoms. The first-order chi connectivity index (χ1) is 15.1. The SMILES string of the molecule is CO[C@H](C(=O)Nc1ccnn1C1CCN(Cc2ccc(F)cc2)CC1)c1ccccc1. The molecule has 0 radical (unpaired) electrons. The standard InChI is InChI=1S/C24H27FN4O2/c1-31-23(19-5-3-2-4-6-19)24(30)27-22-11-14-26-29(22)21-12-15-28(16-13-21)17-18-7-9-20(25)10-8-18/h2-11,14,21,23H,12-13,15-17H2,1H3,(H,27,30)/t23-/m0/s1. The number of nitrogens with one attached hydrogen (secondary N) is 1. The Bertz CT molecular complexity index is 982. The van der Waals surface area contributed by atoms with Gasteiger partial charge in [0, 0.05) is 32.8 Å². The maximum Gasteiger partial charge on any atom is 0.259 e. The van der Waals surface area contributed by atoms with Crippen LogP contribution in [0, 0.1) is 5.82 Å². The Morgan fingerprint density at radius 2 is 1.84 bits per heavy atom. The highest BCUT2D eigenvalue weighted by molar-refractivity contribution is 5.94. The van der Waals surface area contributed by atoms with Crippen LogP contribution in [-0.2, 0) is 16.1 Å². The fourth-order valence-electron chi connectivity index (χ4n) is 4.09. The van der Waals surface area contributed by atoms with Crippen LogP contribution >= 0.6 is 0 Å². The van der Waals surface area contributed by atoms with Gasteiger partial charge in [-0.1, -0.05) is 42.5 Å². The van der Waals surface area contributed by atoms with Crippen LogP contribution < -0.4 is 5.32 Å². The van der Waals surface area contributed by atoms with Gasteiger partial charge in [0.25, 0.3) is 5.91 Å². The molecule has 1 N–H and O–H groups in total. The summed E-state index contributed by atoms with van der Waals surface area (Å²) in [6.07, 6.45) is 2.89. The van der Waals surface area contributed by atoms with Crippen molar-refractivity contribution in [3.63, 3.8) is 0 Å². The highest BCUT2D eigenvalue weighted by Gasteiger charge is 2.25. The number of amides is 1. The number of likely N-dealkylation sites (tertiary alicyclic amines) is 1. The zero-order valence-electron chi connectivity index (χ0n) is 17.6. The minimum Gasteiger partial charge on any atom is -0.367 e. The van der Waals surface area contributed by atoms with E-state index >= 15 is 0 Å². The first-order valence-electron chi connectivity index (χ1n) is 10.5. The summed E-state index contributed by atoms with van der Waals surface area (Å²) >= 11 is 0. The van der Waals surface area contributed by atoms with Crippen molar-refractivity contribution >= 4 is 11.7 Å². The molecule has 162 valence electrons. The Morgan fingerprint density at radius 1 is 1.13 bits per heavy atom. The van der Waals surface area contributed by atoms with Crippen molar-refractivity contribution in [1.29, 1.82) is 0 Å². The summed E-state index contributed by atoms with van der Waals surface area (Å²) < 4.78 is 20.5. The molecule has 0 spiro atoms. The van der Waals surface area contributed by atoms with Crippen LogP contribution in [-0.4, -0.2) is 40.8 Å². The van der Waals surface area contributed by atoms with Crippen LogP contribution in [0.25, 0.3) is 0 Å². The maximum absolute atomic E-state index is 13.1. The lowest BCUT2D eigenvalue weighted by atomic mass is 10.0. The Hall–Kier alpha value is -3.03. The summed E-state index contributed by atoms with van der Waals surface area (Å²) in [7, 11) is 1.53. The largest absolute Gasteiger partial charge is 0.367 e. The predicted octanol–water partition coefficient (Wildman–Crippen LogP) is 4.19. The predicted molar refractivity (Wildman–Crippen MR) is 117 cm³/mol. The summed E-state index contributed by atoms with van der Waals surface area (Å²) in [6.45, 7) is 2.64. The molecule has 6 nitrogen and oxygen atoms in total. The zero-order valence-corrected chi connectivity index (χ0v) is 17.6. The second-order valence-corrected chi connectivity index (χ2v) is 7.81. The van der Waals surface area contributed by atoms with Gasteiger partial charge in [-0.15, -0.1) is 0 Å². The van der Waals surface area contributed by atoms with Gasteiger partial charge >= 0.3 is 0 Å². The number of rotatable bonds is 7. The molecule has 2 aromatic carbocycles. The van der Waals surface area contributed by atoms with Crippen molar-refractivity contribution in [3.8, 4) is 0 Å². The van der Waals surface area contributed by atoms with Gasteiger partial charge in [-0.25, -0.2) is 9.07 Å². The van der Waals surface area contributed by atoms with Gasteiger partial charge in [-0.2, -0.15) is 5.10 Å². The summed E-state index contributed by atoms with van der Waals surface area (Å²) in [5.74, 6) is 0.253. The Labute approximate surface area is 181 Å². The van der Waals surface area contributed by atoms with E-state index in [1.165, 1.54) is 19.2 Å². The van der Waals surface area contributed by atoms with E-state index in [9.17, 15) is 9.18 Å². The molecule has 1 atom stereocenters. The van der Waals surface area contributed by atoms with Crippen LogP contribution in [0.3, 0.4) is 0 Å². The lowest BCUT2D eigenvalue weighted by Crippen LogP contribution is -2.35. The Morgan fingerprint density at radius 3 is 2.52 bits per heavy atom. The molecule has 1 aromatic heterocycles. The van der Waals surface area contributed by atoms with Crippen molar-refractivity contribution < 1.29 is 13.9 Å². The first-order valence-corrected chi connectivity index (χ1v) is 10.5. The van der Waals surface area contributed by atoms with E-state index in [4.69, 9.17) is 4.74 Å². The second kappa shape index (κ2) is 9.85. The van der Waals surface area contributed by atoms with E-state index in [0.717, 1.165) is 43.6 Å². The minimum atomic E-state index is -0.679. The van der Waals surface area contributed by atoms with E-state index in [0.29, 0.717) is 5.82 Å². The lowest BCUT2D eigenvalue weighted by molar-refractivity contribution is -0.126. The van der Waals surface area contributed by atoms with Crippen molar-refractivity contribution in [1.82, 2.24) is 14.7 Å². The topological polar surface area (TPSA) is 59.4 Å². The van der Waals surface area contributed by atoms with Crippen LogP contribution in [0.2, 0.25) is 0 Å². The number of carbonyl (C=O) groups excluding carboxylic acids is 1. The van der Waals surface area contributed by atoms with E-state index in [1.807, 2.05) is 53.2 Å². The fraction of sp³-hybridized carbons (Fsp3) is 0.333. The summed E-state index contributed by atoms with van der Waals surface area (Å²) in [5.41, 5.74) is 1.92. The number of hydrogen-bond acceptors (Lipinski definition) is 4. The van der Waals surface area contributed by atoms with Crippen LogP contribution in [0.5, 0.6) is 0 Å². The van der Waals surface area contributed by atoms with Gasteiger partial charge < -0.3 is 10.1 Å². The van der Waals surface area contributed by atoms with E-state index in [2.05, 4.69) is 15.3 Å².